The van der Waals surface area contributed by atoms with Crippen molar-refractivity contribution in [2.24, 2.45) is 0 Å². The highest BCUT2D eigenvalue weighted by Crippen LogP contribution is 2.30. The topological polar surface area (TPSA) is 93.6 Å². The Morgan fingerprint density at radius 1 is 1.19 bits per heavy atom. The van der Waals surface area contributed by atoms with Crippen molar-refractivity contribution in [2.45, 2.75) is 13.3 Å². The molecule has 0 saturated carbocycles. The minimum Gasteiger partial charge on any atom is -0.494 e. The van der Waals surface area contributed by atoms with Crippen LogP contribution in [-0.4, -0.2) is 28.9 Å². The quantitative estimate of drug-likeness (QED) is 0.869. The van der Waals surface area contributed by atoms with Crippen molar-refractivity contribution in [2.75, 3.05) is 14.2 Å². The first-order valence-corrected chi connectivity index (χ1v) is 6.33. The average molecular weight is 292 g/mol. The molecule has 1 heterocycles. The molecule has 1 aromatic carbocycles. The number of nitrogens with zero attached hydrogens (tertiary/aromatic N) is 1. The normalized spacial score (nSPS) is 10.4. The van der Waals surface area contributed by atoms with Gasteiger partial charge in [-0.05, 0) is 18.6 Å². The zero-order chi connectivity index (χ0) is 15.6. The summed E-state index contributed by atoms with van der Waals surface area (Å²) in [5.74, 6) is 0.526. The standard InChI is InChI=1S/C14H16N2O5/c1-4-9-12(17)15-14(19)16(13(9)18)8-5-6-10(20-2)11(7-8)21-3/h5-7,18H,4H2,1-3H3,(H,15,17,19). The molecule has 21 heavy (non-hydrogen) atoms. The molecular weight excluding hydrogens is 276 g/mol. The highest BCUT2D eigenvalue weighted by molar-refractivity contribution is 5.50. The number of aromatic hydroxyl groups is 1. The van der Waals surface area contributed by atoms with Gasteiger partial charge in [0.05, 0.1) is 25.5 Å². The van der Waals surface area contributed by atoms with Crippen LogP contribution < -0.4 is 20.7 Å². The molecule has 0 bridgehead atoms. The molecule has 1 aromatic heterocycles. The smallest absolute Gasteiger partial charge is 0.335 e. The van der Waals surface area contributed by atoms with Crippen molar-refractivity contribution in [3.8, 4) is 23.1 Å². The molecule has 0 aliphatic heterocycles. The van der Waals surface area contributed by atoms with Gasteiger partial charge >= 0.3 is 5.69 Å². The summed E-state index contributed by atoms with van der Waals surface area (Å²) in [6.07, 6.45) is 0.300. The monoisotopic (exact) mass is 292 g/mol. The number of aromatic nitrogens is 2. The van der Waals surface area contributed by atoms with Gasteiger partial charge in [0.25, 0.3) is 5.56 Å². The molecule has 0 spiro atoms. The van der Waals surface area contributed by atoms with Gasteiger partial charge in [-0.15, -0.1) is 0 Å². The van der Waals surface area contributed by atoms with Crippen LogP contribution in [0.25, 0.3) is 5.69 Å². The third-order valence-corrected chi connectivity index (χ3v) is 3.16. The highest BCUT2D eigenvalue weighted by atomic mass is 16.5. The number of rotatable bonds is 4. The highest BCUT2D eigenvalue weighted by Gasteiger charge is 2.15. The van der Waals surface area contributed by atoms with Crippen LogP contribution in [0.4, 0.5) is 0 Å². The van der Waals surface area contributed by atoms with Crippen LogP contribution in [-0.2, 0) is 6.42 Å². The maximum absolute atomic E-state index is 12.0. The Balaban J connectivity index is 2.73. The fourth-order valence-corrected chi connectivity index (χ4v) is 2.08. The van der Waals surface area contributed by atoms with Gasteiger partial charge in [-0.3, -0.25) is 9.78 Å². The number of H-pyrrole nitrogens is 1. The van der Waals surface area contributed by atoms with E-state index in [9.17, 15) is 14.7 Å². The third-order valence-electron chi connectivity index (χ3n) is 3.16. The van der Waals surface area contributed by atoms with Crippen molar-refractivity contribution in [1.82, 2.24) is 9.55 Å². The van der Waals surface area contributed by atoms with Gasteiger partial charge in [-0.2, -0.15) is 0 Å². The second-order valence-electron chi connectivity index (χ2n) is 4.29. The Morgan fingerprint density at radius 3 is 2.43 bits per heavy atom. The lowest BCUT2D eigenvalue weighted by Crippen LogP contribution is -2.31. The molecule has 2 N–H and O–H groups in total. The van der Waals surface area contributed by atoms with E-state index in [0.29, 0.717) is 23.6 Å². The summed E-state index contributed by atoms with van der Waals surface area (Å²) in [6.45, 7) is 1.72. The Kier molecular flexibility index (Phi) is 4.02. The van der Waals surface area contributed by atoms with Crippen LogP contribution in [0.2, 0.25) is 0 Å². The molecule has 0 radical (unpaired) electrons. The predicted molar refractivity (Wildman–Crippen MR) is 76.8 cm³/mol. The van der Waals surface area contributed by atoms with Crippen molar-refractivity contribution in [3.05, 3.63) is 44.6 Å². The molecule has 0 unspecified atom stereocenters. The number of hydrogen-bond acceptors (Lipinski definition) is 5. The van der Waals surface area contributed by atoms with E-state index in [1.807, 2.05) is 0 Å². The molecule has 112 valence electrons. The fourth-order valence-electron chi connectivity index (χ4n) is 2.08. The molecule has 7 nitrogen and oxygen atoms in total. The van der Waals surface area contributed by atoms with E-state index in [1.54, 1.807) is 19.1 Å². The summed E-state index contributed by atoms with van der Waals surface area (Å²) < 4.78 is 11.3. The Hall–Kier alpha value is -2.70. The first-order chi connectivity index (χ1) is 10.0. The summed E-state index contributed by atoms with van der Waals surface area (Å²) >= 11 is 0. The van der Waals surface area contributed by atoms with Gasteiger partial charge in [0.1, 0.15) is 0 Å². The number of hydrogen-bond donors (Lipinski definition) is 2. The summed E-state index contributed by atoms with van der Waals surface area (Å²) in [6, 6.07) is 4.73. The maximum atomic E-state index is 12.0. The van der Waals surface area contributed by atoms with Gasteiger partial charge in [-0.1, -0.05) is 6.92 Å². The molecule has 0 atom stereocenters. The largest absolute Gasteiger partial charge is 0.494 e. The predicted octanol–water partition coefficient (Wildman–Crippen LogP) is 0.811. The lowest BCUT2D eigenvalue weighted by Gasteiger charge is -2.13. The van der Waals surface area contributed by atoms with Crippen LogP contribution in [0, 0.1) is 0 Å². The number of nitrogens with one attached hydrogen (secondary N) is 1. The molecule has 7 heteroatoms. The minimum absolute atomic E-state index is 0.143. The Morgan fingerprint density at radius 2 is 1.86 bits per heavy atom. The van der Waals surface area contributed by atoms with Crippen LogP contribution in [0.3, 0.4) is 0 Å². The van der Waals surface area contributed by atoms with Gasteiger partial charge < -0.3 is 14.6 Å². The number of benzene rings is 1. The second kappa shape index (κ2) is 5.74. The number of aromatic amines is 1. The number of ether oxygens (including phenoxy) is 2. The van der Waals surface area contributed by atoms with E-state index in [1.165, 1.54) is 20.3 Å². The second-order valence-corrected chi connectivity index (χ2v) is 4.29. The van der Waals surface area contributed by atoms with Crippen molar-refractivity contribution < 1.29 is 14.6 Å². The van der Waals surface area contributed by atoms with E-state index in [2.05, 4.69) is 4.98 Å². The first kappa shape index (κ1) is 14.7. The summed E-state index contributed by atoms with van der Waals surface area (Å²) in [5, 5.41) is 10.2. The summed E-state index contributed by atoms with van der Waals surface area (Å²) in [4.78, 5) is 25.8. The zero-order valence-electron chi connectivity index (χ0n) is 12.0. The molecule has 2 rings (SSSR count). The van der Waals surface area contributed by atoms with Gasteiger partial charge in [0.2, 0.25) is 5.88 Å². The SMILES string of the molecule is CCc1c(O)n(-c2ccc(OC)c(OC)c2)c(=O)[nH]c1=O. The molecule has 2 aromatic rings. The molecule has 0 saturated heterocycles. The van der Waals surface area contributed by atoms with Gasteiger partial charge in [0.15, 0.2) is 11.5 Å². The lowest BCUT2D eigenvalue weighted by atomic mass is 10.2. The van der Waals surface area contributed by atoms with Crippen LogP contribution in [0.5, 0.6) is 17.4 Å². The minimum atomic E-state index is -0.720. The number of methoxy groups -OCH3 is 2. The Labute approximate surface area is 120 Å². The van der Waals surface area contributed by atoms with Crippen molar-refractivity contribution in [1.29, 1.82) is 0 Å². The Bertz CT molecular complexity index is 776. The molecular formula is C14H16N2O5. The average Bonchev–Trinajstić information content (AvgIpc) is 2.47. The molecule has 0 aliphatic rings. The van der Waals surface area contributed by atoms with Crippen LogP contribution in [0.1, 0.15) is 12.5 Å². The van der Waals surface area contributed by atoms with E-state index in [0.717, 1.165) is 4.57 Å². The molecule has 0 aliphatic carbocycles. The summed E-state index contributed by atoms with van der Waals surface area (Å²) in [5.41, 5.74) is -0.802. The van der Waals surface area contributed by atoms with Crippen molar-refractivity contribution >= 4 is 0 Å². The van der Waals surface area contributed by atoms with E-state index >= 15 is 0 Å². The molecule has 0 fully saturated rings. The van der Waals surface area contributed by atoms with Crippen LogP contribution >= 0.6 is 0 Å². The zero-order valence-corrected chi connectivity index (χ0v) is 12.0. The van der Waals surface area contributed by atoms with E-state index in [4.69, 9.17) is 9.47 Å². The van der Waals surface area contributed by atoms with Crippen LogP contribution in [0.15, 0.2) is 27.8 Å². The third kappa shape index (κ3) is 2.49. The van der Waals surface area contributed by atoms with E-state index in [-0.39, 0.29) is 11.4 Å². The van der Waals surface area contributed by atoms with Crippen molar-refractivity contribution in [3.63, 3.8) is 0 Å². The van der Waals surface area contributed by atoms with E-state index < -0.39 is 11.2 Å². The maximum Gasteiger partial charge on any atom is 0.335 e. The lowest BCUT2D eigenvalue weighted by molar-refractivity contribution is 0.354. The fraction of sp³-hybridized carbons (Fsp3) is 0.286. The molecule has 0 amide bonds. The first-order valence-electron chi connectivity index (χ1n) is 6.33. The van der Waals surface area contributed by atoms with Gasteiger partial charge in [-0.25, -0.2) is 9.36 Å². The van der Waals surface area contributed by atoms with Gasteiger partial charge in [0, 0.05) is 6.07 Å². The summed E-state index contributed by atoms with van der Waals surface area (Å²) in [7, 11) is 2.96.